The summed E-state index contributed by atoms with van der Waals surface area (Å²) < 4.78 is 5.90. The summed E-state index contributed by atoms with van der Waals surface area (Å²) in [5.41, 5.74) is 0.630. The maximum Gasteiger partial charge on any atom is 0.251 e. The van der Waals surface area contributed by atoms with Gasteiger partial charge in [0.25, 0.3) is 5.91 Å². The van der Waals surface area contributed by atoms with Crippen LogP contribution in [0, 0.1) is 0 Å². The first-order chi connectivity index (χ1) is 8.08. The lowest BCUT2D eigenvalue weighted by atomic mass is 10.2. The van der Waals surface area contributed by atoms with Crippen molar-refractivity contribution in [3.8, 4) is 5.75 Å². The van der Waals surface area contributed by atoms with Gasteiger partial charge in [-0.25, -0.2) is 0 Å². The van der Waals surface area contributed by atoms with E-state index >= 15 is 0 Å². The van der Waals surface area contributed by atoms with E-state index < -0.39 is 0 Å². The van der Waals surface area contributed by atoms with E-state index in [4.69, 9.17) is 4.74 Å². The lowest BCUT2D eigenvalue weighted by Gasteiger charge is -2.13. The molecule has 0 heterocycles. The number of hydrogen-bond donors (Lipinski definition) is 1. The van der Waals surface area contributed by atoms with Gasteiger partial charge < -0.3 is 10.1 Å². The van der Waals surface area contributed by atoms with Crippen LogP contribution in [0.25, 0.3) is 0 Å². The Hall–Kier alpha value is -0.680. The average molecular weight is 318 g/mol. The van der Waals surface area contributed by atoms with E-state index in [1.54, 1.807) is 37.1 Å². The van der Waals surface area contributed by atoms with Crippen molar-refractivity contribution >= 4 is 33.6 Å². The van der Waals surface area contributed by atoms with Gasteiger partial charge in [0.2, 0.25) is 0 Å². The van der Waals surface area contributed by atoms with Gasteiger partial charge in [-0.1, -0.05) is 0 Å². The summed E-state index contributed by atoms with van der Waals surface area (Å²) >= 11 is 5.08. The minimum absolute atomic E-state index is 0.0603. The highest BCUT2D eigenvalue weighted by Crippen LogP contribution is 2.25. The number of nitrogens with one attached hydrogen (secondary N) is 1. The third kappa shape index (κ3) is 4.24. The molecule has 0 aromatic heterocycles. The molecule has 0 aliphatic heterocycles. The Morgan fingerprint density at radius 3 is 2.82 bits per heavy atom. The highest BCUT2D eigenvalue weighted by molar-refractivity contribution is 9.10. The number of ether oxygens (including phenoxy) is 1. The average Bonchev–Trinajstić information content (AvgIpc) is 2.29. The van der Waals surface area contributed by atoms with Crippen molar-refractivity contribution in [2.45, 2.75) is 13.0 Å². The van der Waals surface area contributed by atoms with Crippen molar-refractivity contribution in [3.05, 3.63) is 28.2 Å². The Labute approximate surface area is 114 Å². The van der Waals surface area contributed by atoms with Gasteiger partial charge in [-0.3, -0.25) is 4.79 Å². The van der Waals surface area contributed by atoms with E-state index in [1.165, 1.54) is 0 Å². The van der Waals surface area contributed by atoms with Crippen LogP contribution < -0.4 is 10.1 Å². The fraction of sp³-hybridized carbons (Fsp3) is 0.417. The molecular formula is C12H16BrNO2S. The molecule has 0 saturated heterocycles. The smallest absolute Gasteiger partial charge is 0.251 e. The van der Waals surface area contributed by atoms with Crippen molar-refractivity contribution in [1.29, 1.82) is 0 Å². The van der Waals surface area contributed by atoms with Gasteiger partial charge in [-0.2, -0.15) is 11.8 Å². The monoisotopic (exact) mass is 317 g/mol. The summed E-state index contributed by atoms with van der Waals surface area (Å²) in [5.74, 6) is 1.57. The minimum Gasteiger partial charge on any atom is -0.496 e. The second-order valence-electron chi connectivity index (χ2n) is 3.68. The standard InChI is InChI=1S/C12H16BrNO2S/c1-8(7-17-3)14-12(15)9-4-5-11(16-2)10(13)6-9/h4-6,8H,7H2,1-3H3,(H,14,15). The second kappa shape index (κ2) is 6.91. The fourth-order valence-corrected chi connectivity index (χ4v) is 2.53. The summed E-state index contributed by atoms with van der Waals surface area (Å²) in [5, 5.41) is 2.94. The minimum atomic E-state index is -0.0603. The largest absolute Gasteiger partial charge is 0.496 e. The van der Waals surface area contributed by atoms with Crippen molar-refractivity contribution < 1.29 is 9.53 Å². The van der Waals surface area contributed by atoms with Crippen LogP contribution in [0.15, 0.2) is 22.7 Å². The topological polar surface area (TPSA) is 38.3 Å². The SMILES string of the molecule is COc1ccc(C(=O)NC(C)CSC)cc1Br. The summed E-state index contributed by atoms with van der Waals surface area (Å²) in [7, 11) is 1.60. The highest BCUT2D eigenvalue weighted by Gasteiger charge is 2.11. The zero-order valence-electron chi connectivity index (χ0n) is 10.1. The van der Waals surface area contributed by atoms with Crippen LogP contribution in [0.5, 0.6) is 5.75 Å². The number of benzene rings is 1. The Bertz CT molecular complexity index is 398. The van der Waals surface area contributed by atoms with E-state index in [0.29, 0.717) is 5.56 Å². The van der Waals surface area contributed by atoms with E-state index in [1.807, 2.05) is 13.2 Å². The highest BCUT2D eigenvalue weighted by atomic mass is 79.9. The van der Waals surface area contributed by atoms with Crippen LogP contribution >= 0.6 is 27.7 Å². The number of halogens is 1. The molecule has 3 nitrogen and oxygen atoms in total. The Kier molecular flexibility index (Phi) is 5.85. The number of carbonyl (C=O) groups excluding carboxylic acids is 1. The lowest BCUT2D eigenvalue weighted by Crippen LogP contribution is -2.34. The van der Waals surface area contributed by atoms with Crippen molar-refractivity contribution in [2.24, 2.45) is 0 Å². The van der Waals surface area contributed by atoms with Crippen molar-refractivity contribution in [3.63, 3.8) is 0 Å². The predicted octanol–water partition coefficient (Wildman–Crippen LogP) is 2.94. The molecule has 1 unspecified atom stereocenters. The van der Waals surface area contributed by atoms with Crippen LogP contribution in [0.2, 0.25) is 0 Å². The molecule has 0 aliphatic rings. The Morgan fingerprint density at radius 1 is 1.59 bits per heavy atom. The quantitative estimate of drug-likeness (QED) is 0.907. The van der Waals surface area contributed by atoms with Gasteiger partial charge in [-0.05, 0) is 47.3 Å². The van der Waals surface area contributed by atoms with Crippen LogP contribution in [0.3, 0.4) is 0 Å². The number of carbonyl (C=O) groups is 1. The third-order valence-corrected chi connectivity index (χ3v) is 3.66. The van der Waals surface area contributed by atoms with E-state index in [-0.39, 0.29) is 11.9 Å². The number of thioether (sulfide) groups is 1. The number of methoxy groups -OCH3 is 1. The Morgan fingerprint density at radius 2 is 2.29 bits per heavy atom. The number of amides is 1. The number of rotatable bonds is 5. The van der Waals surface area contributed by atoms with Crippen LogP contribution in [-0.2, 0) is 0 Å². The van der Waals surface area contributed by atoms with E-state index in [0.717, 1.165) is 16.0 Å². The van der Waals surface area contributed by atoms with Gasteiger partial charge >= 0.3 is 0 Å². The molecular weight excluding hydrogens is 302 g/mol. The summed E-state index contributed by atoms with van der Waals surface area (Å²) in [4.78, 5) is 11.9. The first-order valence-electron chi connectivity index (χ1n) is 5.21. The molecule has 1 aromatic carbocycles. The van der Waals surface area contributed by atoms with E-state index in [9.17, 15) is 4.79 Å². The zero-order valence-corrected chi connectivity index (χ0v) is 12.5. The molecule has 0 spiro atoms. The first-order valence-corrected chi connectivity index (χ1v) is 7.40. The van der Waals surface area contributed by atoms with Crippen LogP contribution in [-0.4, -0.2) is 31.1 Å². The molecule has 0 aliphatic carbocycles. The summed E-state index contributed by atoms with van der Waals surface area (Å²) in [6.07, 6.45) is 2.02. The lowest BCUT2D eigenvalue weighted by molar-refractivity contribution is 0.0943. The summed E-state index contributed by atoms with van der Waals surface area (Å²) in [6.45, 7) is 1.99. The molecule has 0 saturated carbocycles. The molecule has 1 aromatic rings. The maximum absolute atomic E-state index is 11.9. The molecule has 1 N–H and O–H groups in total. The van der Waals surface area contributed by atoms with Gasteiger partial charge in [0.15, 0.2) is 0 Å². The first kappa shape index (κ1) is 14.4. The summed E-state index contributed by atoms with van der Waals surface area (Å²) in [6, 6.07) is 5.46. The molecule has 0 bridgehead atoms. The van der Waals surface area contributed by atoms with Crippen LogP contribution in [0.1, 0.15) is 17.3 Å². The molecule has 1 amide bonds. The van der Waals surface area contributed by atoms with Gasteiger partial charge in [0.05, 0.1) is 11.6 Å². The molecule has 17 heavy (non-hydrogen) atoms. The van der Waals surface area contributed by atoms with Crippen molar-refractivity contribution in [2.75, 3.05) is 19.1 Å². The molecule has 94 valence electrons. The van der Waals surface area contributed by atoms with Crippen molar-refractivity contribution in [1.82, 2.24) is 5.32 Å². The van der Waals surface area contributed by atoms with Gasteiger partial charge in [0, 0.05) is 17.4 Å². The maximum atomic E-state index is 11.9. The molecule has 5 heteroatoms. The van der Waals surface area contributed by atoms with Crippen LogP contribution in [0.4, 0.5) is 0 Å². The van der Waals surface area contributed by atoms with E-state index in [2.05, 4.69) is 21.2 Å². The van der Waals surface area contributed by atoms with Gasteiger partial charge in [0.1, 0.15) is 5.75 Å². The predicted molar refractivity (Wildman–Crippen MR) is 76.0 cm³/mol. The molecule has 0 fully saturated rings. The molecule has 1 rings (SSSR count). The molecule has 1 atom stereocenters. The third-order valence-electron chi connectivity index (χ3n) is 2.21. The fourth-order valence-electron chi connectivity index (χ4n) is 1.41. The number of hydrogen-bond acceptors (Lipinski definition) is 3. The normalized spacial score (nSPS) is 12.0. The second-order valence-corrected chi connectivity index (χ2v) is 5.44. The molecule has 0 radical (unpaired) electrons. The Balaban J connectivity index is 2.72. The zero-order chi connectivity index (χ0) is 12.8. The van der Waals surface area contributed by atoms with Gasteiger partial charge in [-0.15, -0.1) is 0 Å².